The van der Waals surface area contributed by atoms with Gasteiger partial charge in [-0.2, -0.15) is 5.10 Å². The zero-order valence-corrected chi connectivity index (χ0v) is 15.0. The van der Waals surface area contributed by atoms with E-state index in [0.717, 1.165) is 28.7 Å². The first-order chi connectivity index (χ1) is 13.2. The van der Waals surface area contributed by atoms with Crippen LogP contribution in [0.5, 0.6) is 0 Å². The van der Waals surface area contributed by atoms with E-state index >= 15 is 0 Å². The van der Waals surface area contributed by atoms with Crippen LogP contribution in [0, 0.1) is 0 Å². The third-order valence-electron chi connectivity index (χ3n) is 4.40. The number of carbonyl (C=O) groups is 1. The number of fused-ring (bicyclic) bond motifs is 1. The van der Waals surface area contributed by atoms with E-state index in [0.29, 0.717) is 12.2 Å². The molecule has 1 aromatic carbocycles. The lowest BCUT2D eigenvalue weighted by molar-refractivity contribution is 0.0935. The molecule has 0 saturated carbocycles. The molecule has 0 radical (unpaired) electrons. The average Bonchev–Trinajstić information content (AvgIpc) is 3.30. The summed E-state index contributed by atoms with van der Waals surface area (Å²) in [4.78, 5) is 20.8. The van der Waals surface area contributed by atoms with Crippen molar-refractivity contribution in [2.75, 3.05) is 0 Å². The summed E-state index contributed by atoms with van der Waals surface area (Å²) in [6.07, 6.45) is 6.04. The van der Waals surface area contributed by atoms with Gasteiger partial charge in [-0.05, 0) is 49.2 Å². The highest BCUT2D eigenvalue weighted by Crippen LogP contribution is 2.13. The molecule has 7 heteroatoms. The maximum atomic E-state index is 12.4. The van der Waals surface area contributed by atoms with Crippen LogP contribution >= 0.6 is 0 Å². The summed E-state index contributed by atoms with van der Waals surface area (Å²) < 4.78 is 2.02. The van der Waals surface area contributed by atoms with Crippen molar-refractivity contribution in [3.8, 4) is 0 Å². The van der Waals surface area contributed by atoms with Gasteiger partial charge in [0.2, 0.25) is 0 Å². The maximum Gasteiger partial charge on any atom is 0.271 e. The van der Waals surface area contributed by atoms with E-state index in [1.807, 2.05) is 47.9 Å². The second kappa shape index (κ2) is 7.41. The number of nitrogens with zero attached hydrogens (tertiary/aromatic N) is 4. The Bertz CT molecular complexity index is 1050. The fraction of sp³-hybridized carbons (Fsp3) is 0.200. The van der Waals surface area contributed by atoms with Gasteiger partial charge in [0.05, 0.1) is 29.6 Å². The summed E-state index contributed by atoms with van der Waals surface area (Å²) in [5.41, 5.74) is 4.36. The molecule has 2 N–H and O–H groups in total. The van der Waals surface area contributed by atoms with Crippen molar-refractivity contribution in [1.82, 2.24) is 30.0 Å². The molecule has 0 aliphatic carbocycles. The number of hydrogen-bond acceptors (Lipinski definition) is 4. The summed E-state index contributed by atoms with van der Waals surface area (Å²) in [5.74, 6) is -0.186. The predicted octanol–water partition coefficient (Wildman–Crippen LogP) is 2.56. The van der Waals surface area contributed by atoms with Gasteiger partial charge in [0.15, 0.2) is 0 Å². The molecule has 1 amide bonds. The Morgan fingerprint density at radius 2 is 2.04 bits per heavy atom. The number of aromatic amines is 1. The summed E-state index contributed by atoms with van der Waals surface area (Å²) in [7, 11) is 0. The molecule has 0 spiro atoms. The Morgan fingerprint density at radius 3 is 2.89 bits per heavy atom. The summed E-state index contributed by atoms with van der Waals surface area (Å²) in [6, 6.07) is 13.6. The molecule has 3 aromatic heterocycles. The molecule has 1 atom stereocenters. The Morgan fingerprint density at radius 1 is 1.22 bits per heavy atom. The molecule has 0 fully saturated rings. The van der Waals surface area contributed by atoms with E-state index < -0.39 is 0 Å². The highest BCUT2D eigenvalue weighted by Gasteiger charge is 2.14. The standard InChI is InChI=1S/C20H20N6O/c1-14(10-15-6-8-21-9-7-15)23-20(27)18-11-16(24-25-18)12-26-13-22-17-4-2-3-5-19(17)26/h2-9,11,13-14H,10,12H2,1H3,(H,23,27)(H,24,25)/t14-/m1/s1. The molecule has 4 aromatic rings. The highest BCUT2D eigenvalue weighted by atomic mass is 16.2. The lowest BCUT2D eigenvalue weighted by Crippen LogP contribution is -2.34. The SMILES string of the molecule is C[C@H](Cc1ccncc1)NC(=O)c1cc(Cn2cnc3ccccc32)[nH]n1. The number of imidazole rings is 1. The van der Waals surface area contributed by atoms with Crippen molar-refractivity contribution in [3.63, 3.8) is 0 Å². The number of H-pyrrole nitrogens is 1. The van der Waals surface area contributed by atoms with E-state index in [-0.39, 0.29) is 11.9 Å². The van der Waals surface area contributed by atoms with Crippen molar-refractivity contribution in [3.05, 3.63) is 78.1 Å². The number of hydrogen-bond donors (Lipinski definition) is 2. The number of benzene rings is 1. The molecular weight excluding hydrogens is 340 g/mol. The predicted molar refractivity (Wildman–Crippen MR) is 102 cm³/mol. The third kappa shape index (κ3) is 3.87. The minimum Gasteiger partial charge on any atom is -0.348 e. The molecular formula is C20H20N6O. The first-order valence-electron chi connectivity index (χ1n) is 8.83. The number of para-hydroxylation sites is 2. The first-order valence-corrected chi connectivity index (χ1v) is 8.83. The van der Waals surface area contributed by atoms with Gasteiger partial charge >= 0.3 is 0 Å². The van der Waals surface area contributed by atoms with Crippen LogP contribution in [0.1, 0.15) is 28.7 Å². The van der Waals surface area contributed by atoms with Crippen LogP contribution in [0.15, 0.2) is 61.2 Å². The van der Waals surface area contributed by atoms with Crippen LogP contribution in [-0.2, 0) is 13.0 Å². The van der Waals surface area contributed by atoms with E-state index in [1.165, 1.54) is 0 Å². The summed E-state index contributed by atoms with van der Waals surface area (Å²) >= 11 is 0. The van der Waals surface area contributed by atoms with Gasteiger partial charge in [0.1, 0.15) is 5.69 Å². The Kier molecular flexibility index (Phi) is 4.65. The molecule has 0 bridgehead atoms. The second-order valence-electron chi connectivity index (χ2n) is 6.57. The van der Waals surface area contributed by atoms with Gasteiger partial charge in [0, 0.05) is 18.4 Å². The quantitative estimate of drug-likeness (QED) is 0.553. The van der Waals surface area contributed by atoms with Gasteiger partial charge in [-0.3, -0.25) is 14.9 Å². The van der Waals surface area contributed by atoms with Crippen LogP contribution < -0.4 is 5.32 Å². The molecule has 3 heterocycles. The van der Waals surface area contributed by atoms with Gasteiger partial charge in [0.25, 0.3) is 5.91 Å². The average molecular weight is 360 g/mol. The lowest BCUT2D eigenvalue weighted by Gasteiger charge is -2.12. The minimum absolute atomic E-state index is 0.00218. The van der Waals surface area contributed by atoms with Gasteiger partial charge < -0.3 is 9.88 Å². The fourth-order valence-electron chi connectivity index (χ4n) is 3.10. The van der Waals surface area contributed by atoms with Gasteiger partial charge in [-0.1, -0.05) is 12.1 Å². The normalized spacial score (nSPS) is 12.2. The van der Waals surface area contributed by atoms with Gasteiger partial charge in [-0.15, -0.1) is 0 Å². The topological polar surface area (TPSA) is 88.5 Å². The minimum atomic E-state index is -0.186. The lowest BCUT2D eigenvalue weighted by atomic mass is 10.1. The third-order valence-corrected chi connectivity index (χ3v) is 4.40. The van der Waals surface area contributed by atoms with Crippen LogP contribution in [0.4, 0.5) is 0 Å². The van der Waals surface area contributed by atoms with E-state index in [2.05, 4.69) is 25.5 Å². The Labute approximate surface area is 156 Å². The molecule has 4 rings (SSSR count). The second-order valence-corrected chi connectivity index (χ2v) is 6.57. The van der Waals surface area contributed by atoms with Crippen molar-refractivity contribution in [2.24, 2.45) is 0 Å². The van der Waals surface area contributed by atoms with E-state index in [4.69, 9.17) is 0 Å². The number of nitrogens with one attached hydrogen (secondary N) is 2. The smallest absolute Gasteiger partial charge is 0.271 e. The highest BCUT2D eigenvalue weighted by molar-refractivity contribution is 5.92. The largest absolute Gasteiger partial charge is 0.348 e. The molecule has 0 saturated heterocycles. The molecule has 0 aliphatic rings. The van der Waals surface area contributed by atoms with E-state index in [1.54, 1.807) is 24.8 Å². The van der Waals surface area contributed by atoms with Crippen LogP contribution in [0.3, 0.4) is 0 Å². The number of pyridine rings is 1. The summed E-state index contributed by atoms with van der Waals surface area (Å²) in [5, 5.41) is 10.1. The van der Waals surface area contributed by atoms with Crippen molar-refractivity contribution in [1.29, 1.82) is 0 Å². The molecule has 0 aliphatic heterocycles. The Hall–Kier alpha value is -3.48. The van der Waals surface area contributed by atoms with Crippen molar-refractivity contribution in [2.45, 2.75) is 25.9 Å². The summed E-state index contributed by atoms with van der Waals surface area (Å²) in [6.45, 7) is 2.55. The maximum absolute atomic E-state index is 12.4. The van der Waals surface area contributed by atoms with Crippen LogP contribution in [0.25, 0.3) is 11.0 Å². The number of amides is 1. The number of carbonyl (C=O) groups excluding carboxylic acids is 1. The monoisotopic (exact) mass is 360 g/mol. The molecule has 136 valence electrons. The zero-order chi connectivity index (χ0) is 18.6. The van der Waals surface area contributed by atoms with Crippen LogP contribution in [-0.4, -0.2) is 36.7 Å². The molecule has 0 unspecified atom stereocenters. The molecule has 27 heavy (non-hydrogen) atoms. The first kappa shape index (κ1) is 17.0. The fourth-order valence-corrected chi connectivity index (χ4v) is 3.10. The van der Waals surface area contributed by atoms with Crippen molar-refractivity contribution >= 4 is 16.9 Å². The van der Waals surface area contributed by atoms with Crippen molar-refractivity contribution < 1.29 is 4.79 Å². The molecule has 7 nitrogen and oxygen atoms in total. The number of rotatable bonds is 6. The Balaban J connectivity index is 1.40. The number of aromatic nitrogens is 5. The zero-order valence-electron chi connectivity index (χ0n) is 15.0. The van der Waals surface area contributed by atoms with Gasteiger partial charge in [-0.25, -0.2) is 4.98 Å². The van der Waals surface area contributed by atoms with E-state index in [9.17, 15) is 4.79 Å². The van der Waals surface area contributed by atoms with Crippen LogP contribution in [0.2, 0.25) is 0 Å².